The lowest BCUT2D eigenvalue weighted by Gasteiger charge is -2.05. The van der Waals surface area contributed by atoms with Crippen LogP contribution in [0, 0.1) is 0 Å². The summed E-state index contributed by atoms with van der Waals surface area (Å²) in [5.74, 6) is 0. The number of hydrogen-bond acceptors (Lipinski definition) is 3. The van der Waals surface area contributed by atoms with Crippen LogP contribution in [-0.2, 0) is 9.84 Å². The third-order valence-electron chi connectivity index (χ3n) is 2.14. The lowest BCUT2D eigenvalue weighted by atomic mass is 10.2. The van der Waals surface area contributed by atoms with E-state index in [2.05, 4.69) is 20.9 Å². The Morgan fingerprint density at radius 2 is 2.06 bits per heavy atom. The van der Waals surface area contributed by atoms with Gasteiger partial charge in [-0.1, -0.05) is 11.6 Å². The van der Waals surface area contributed by atoms with Crippen molar-refractivity contribution in [1.29, 1.82) is 0 Å². The van der Waals surface area contributed by atoms with Gasteiger partial charge in [-0.3, -0.25) is 4.98 Å². The average Bonchev–Trinajstić information content (AvgIpc) is 2.15. The molecule has 0 radical (unpaired) electrons. The second-order valence-corrected chi connectivity index (χ2v) is 6.61. The van der Waals surface area contributed by atoms with Crippen molar-refractivity contribution in [3.05, 3.63) is 33.9 Å². The van der Waals surface area contributed by atoms with E-state index in [1.54, 1.807) is 18.3 Å². The first-order chi connectivity index (χ1) is 7.39. The molecule has 1 heterocycles. The van der Waals surface area contributed by atoms with Gasteiger partial charge < -0.3 is 0 Å². The fourth-order valence-electron chi connectivity index (χ4n) is 1.40. The number of sulfone groups is 1. The van der Waals surface area contributed by atoms with Crippen LogP contribution in [-0.4, -0.2) is 19.7 Å². The van der Waals surface area contributed by atoms with Crippen LogP contribution in [0.3, 0.4) is 0 Å². The van der Waals surface area contributed by atoms with Gasteiger partial charge in [0.1, 0.15) is 0 Å². The molecule has 16 heavy (non-hydrogen) atoms. The Balaban J connectivity index is 2.90. The molecule has 0 saturated carbocycles. The van der Waals surface area contributed by atoms with Crippen molar-refractivity contribution in [2.45, 2.75) is 4.90 Å². The van der Waals surface area contributed by atoms with Gasteiger partial charge in [-0.2, -0.15) is 0 Å². The quantitative estimate of drug-likeness (QED) is 0.811. The summed E-state index contributed by atoms with van der Waals surface area (Å²) in [6.45, 7) is 0. The molecular weight excluding hydrogens is 314 g/mol. The Hall–Kier alpha value is -0.650. The van der Waals surface area contributed by atoms with Gasteiger partial charge in [0.15, 0.2) is 9.84 Å². The molecule has 0 spiro atoms. The average molecular weight is 321 g/mol. The lowest BCUT2D eigenvalue weighted by molar-refractivity contribution is 0.601. The van der Waals surface area contributed by atoms with Crippen LogP contribution in [0.25, 0.3) is 10.9 Å². The molecule has 0 aliphatic rings. The van der Waals surface area contributed by atoms with Gasteiger partial charge in [0, 0.05) is 22.3 Å². The summed E-state index contributed by atoms with van der Waals surface area (Å²) in [5, 5.41) is 1.12. The minimum absolute atomic E-state index is 0.218. The summed E-state index contributed by atoms with van der Waals surface area (Å²) in [4.78, 5) is 4.33. The number of aromatic nitrogens is 1. The predicted octanol–water partition coefficient (Wildman–Crippen LogP) is 3.05. The van der Waals surface area contributed by atoms with Gasteiger partial charge in [-0.05, 0) is 34.1 Å². The molecular formula is C10H7BrClNO2S. The van der Waals surface area contributed by atoms with Crippen molar-refractivity contribution in [1.82, 2.24) is 4.98 Å². The Bertz CT molecular complexity index is 670. The fraction of sp³-hybridized carbons (Fsp3) is 0.100. The summed E-state index contributed by atoms with van der Waals surface area (Å²) < 4.78 is 23.5. The first-order valence-electron chi connectivity index (χ1n) is 4.33. The van der Waals surface area contributed by atoms with E-state index in [9.17, 15) is 8.42 Å². The molecule has 0 N–H and O–H groups in total. The van der Waals surface area contributed by atoms with E-state index >= 15 is 0 Å². The first kappa shape index (κ1) is 11.8. The van der Waals surface area contributed by atoms with Crippen LogP contribution in [0.1, 0.15) is 0 Å². The molecule has 0 aliphatic heterocycles. The van der Waals surface area contributed by atoms with Crippen molar-refractivity contribution >= 4 is 48.3 Å². The molecule has 0 atom stereocenters. The highest BCUT2D eigenvalue weighted by atomic mass is 79.9. The summed E-state index contributed by atoms with van der Waals surface area (Å²) >= 11 is 9.20. The summed E-state index contributed by atoms with van der Waals surface area (Å²) in [6.07, 6.45) is 2.74. The SMILES string of the molecule is CS(=O)(=O)c1cc2c(Cl)ccnc2cc1Br. The molecule has 1 aromatic heterocycles. The predicted molar refractivity (Wildman–Crippen MR) is 67.6 cm³/mol. The first-order valence-corrected chi connectivity index (χ1v) is 7.39. The standard InChI is InChI=1S/C10H7BrClNO2S/c1-16(14,15)10-4-6-8(12)2-3-13-9(6)5-7(10)11/h2-5H,1H3. The van der Waals surface area contributed by atoms with E-state index in [0.717, 1.165) is 6.26 Å². The van der Waals surface area contributed by atoms with Crippen LogP contribution in [0.2, 0.25) is 5.02 Å². The van der Waals surface area contributed by atoms with E-state index in [1.807, 2.05) is 0 Å². The number of nitrogens with zero attached hydrogens (tertiary/aromatic N) is 1. The highest BCUT2D eigenvalue weighted by Gasteiger charge is 2.14. The topological polar surface area (TPSA) is 47.0 Å². The zero-order chi connectivity index (χ0) is 11.9. The van der Waals surface area contributed by atoms with E-state index in [1.165, 1.54) is 6.07 Å². The number of pyridine rings is 1. The fourth-order valence-corrected chi connectivity index (χ4v) is 3.56. The van der Waals surface area contributed by atoms with Gasteiger partial charge in [-0.15, -0.1) is 0 Å². The largest absolute Gasteiger partial charge is 0.256 e. The molecule has 1 aromatic carbocycles. The van der Waals surface area contributed by atoms with Crippen LogP contribution < -0.4 is 0 Å². The van der Waals surface area contributed by atoms with E-state index in [4.69, 9.17) is 11.6 Å². The number of benzene rings is 1. The van der Waals surface area contributed by atoms with Crippen LogP contribution in [0.4, 0.5) is 0 Å². The Labute approximate surface area is 106 Å². The maximum atomic E-state index is 11.5. The zero-order valence-electron chi connectivity index (χ0n) is 8.24. The van der Waals surface area contributed by atoms with Gasteiger partial charge >= 0.3 is 0 Å². The smallest absolute Gasteiger partial charge is 0.176 e. The van der Waals surface area contributed by atoms with Crippen molar-refractivity contribution in [3.63, 3.8) is 0 Å². The summed E-state index contributed by atoms with van der Waals surface area (Å²) in [7, 11) is -3.28. The van der Waals surface area contributed by atoms with E-state index in [0.29, 0.717) is 20.4 Å². The zero-order valence-corrected chi connectivity index (χ0v) is 11.4. The number of rotatable bonds is 1. The van der Waals surface area contributed by atoms with Crippen molar-refractivity contribution < 1.29 is 8.42 Å². The molecule has 3 nitrogen and oxygen atoms in total. The van der Waals surface area contributed by atoms with Gasteiger partial charge in [0.25, 0.3) is 0 Å². The Morgan fingerprint density at radius 1 is 1.38 bits per heavy atom. The van der Waals surface area contributed by atoms with Crippen molar-refractivity contribution in [3.8, 4) is 0 Å². The van der Waals surface area contributed by atoms with Gasteiger partial charge in [-0.25, -0.2) is 8.42 Å². The Kier molecular flexibility index (Phi) is 2.94. The number of halogens is 2. The van der Waals surface area contributed by atoms with E-state index in [-0.39, 0.29) is 4.90 Å². The van der Waals surface area contributed by atoms with Crippen LogP contribution >= 0.6 is 27.5 Å². The third kappa shape index (κ3) is 2.07. The number of fused-ring (bicyclic) bond motifs is 1. The minimum Gasteiger partial charge on any atom is -0.256 e. The van der Waals surface area contributed by atoms with Crippen molar-refractivity contribution in [2.24, 2.45) is 0 Å². The molecule has 0 bridgehead atoms. The monoisotopic (exact) mass is 319 g/mol. The molecule has 0 aliphatic carbocycles. The molecule has 2 rings (SSSR count). The van der Waals surface area contributed by atoms with Gasteiger partial charge in [0.05, 0.1) is 15.4 Å². The maximum Gasteiger partial charge on any atom is 0.176 e. The second kappa shape index (κ2) is 3.98. The number of hydrogen-bond donors (Lipinski definition) is 0. The molecule has 0 amide bonds. The third-order valence-corrected chi connectivity index (χ3v) is 4.53. The molecule has 0 unspecified atom stereocenters. The van der Waals surface area contributed by atoms with Crippen molar-refractivity contribution in [2.75, 3.05) is 6.26 Å². The van der Waals surface area contributed by atoms with Crippen LogP contribution in [0.5, 0.6) is 0 Å². The lowest BCUT2D eigenvalue weighted by Crippen LogP contribution is -1.98. The minimum atomic E-state index is -3.28. The highest BCUT2D eigenvalue weighted by Crippen LogP contribution is 2.30. The summed E-state index contributed by atoms with van der Waals surface area (Å²) in [6, 6.07) is 4.81. The van der Waals surface area contributed by atoms with Crippen LogP contribution in [0.15, 0.2) is 33.8 Å². The Morgan fingerprint density at radius 3 is 2.69 bits per heavy atom. The van der Waals surface area contributed by atoms with Gasteiger partial charge in [0.2, 0.25) is 0 Å². The molecule has 6 heteroatoms. The second-order valence-electron chi connectivity index (χ2n) is 3.36. The molecule has 84 valence electrons. The maximum absolute atomic E-state index is 11.5. The highest BCUT2D eigenvalue weighted by molar-refractivity contribution is 9.10. The molecule has 2 aromatic rings. The molecule has 0 saturated heterocycles. The molecule has 0 fully saturated rings. The normalized spacial score (nSPS) is 11.9. The van der Waals surface area contributed by atoms with E-state index < -0.39 is 9.84 Å². The summed E-state index contributed by atoms with van der Waals surface area (Å²) in [5.41, 5.74) is 0.659.